The first kappa shape index (κ1) is 12.8. The summed E-state index contributed by atoms with van der Waals surface area (Å²) in [6.45, 7) is 1.98. The van der Waals surface area contributed by atoms with Crippen molar-refractivity contribution >= 4 is 5.91 Å². The number of amides is 1. The lowest BCUT2D eigenvalue weighted by Gasteiger charge is -2.33. The molecule has 2 fully saturated rings. The Morgan fingerprint density at radius 2 is 1.82 bits per heavy atom. The minimum Gasteiger partial charge on any atom is -0.395 e. The number of hydrogen-bond donors (Lipinski definition) is 1. The Kier molecular flexibility index (Phi) is 4.80. The SMILES string of the molecule is O=C(C1CCOCC1)N(CCO)C1CCCC1. The summed E-state index contributed by atoms with van der Waals surface area (Å²) in [7, 11) is 0. The molecule has 4 heteroatoms. The third-order valence-electron chi connectivity index (χ3n) is 3.96. The van der Waals surface area contributed by atoms with Crippen molar-refractivity contribution in [2.24, 2.45) is 5.92 Å². The van der Waals surface area contributed by atoms with E-state index in [1.807, 2.05) is 4.90 Å². The molecule has 1 N–H and O–H groups in total. The van der Waals surface area contributed by atoms with Crippen LogP contribution in [0.25, 0.3) is 0 Å². The van der Waals surface area contributed by atoms with Crippen LogP contribution in [0.2, 0.25) is 0 Å². The Hall–Kier alpha value is -0.610. The molecule has 1 aliphatic heterocycles. The van der Waals surface area contributed by atoms with Crippen LogP contribution in [0.1, 0.15) is 38.5 Å². The monoisotopic (exact) mass is 241 g/mol. The molecule has 0 aromatic carbocycles. The molecule has 1 saturated heterocycles. The van der Waals surface area contributed by atoms with Gasteiger partial charge < -0.3 is 14.7 Å². The first-order valence-electron chi connectivity index (χ1n) is 6.82. The van der Waals surface area contributed by atoms with Gasteiger partial charge in [-0.05, 0) is 25.7 Å². The largest absolute Gasteiger partial charge is 0.395 e. The Morgan fingerprint density at radius 3 is 2.41 bits per heavy atom. The van der Waals surface area contributed by atoms with Gasteiger partial charge in [-0.1, -0.05) is 12.8 Å². The molecular formula is C13H23NO3. The van der Waals surface area contributed by atoms with Crippen LogP contribution in [0, 0.1) is 5.92 Å². The smallest absolute Gasteiger partial charge is 0.226 e. The van der Waals surface area contributed by atoms with E-state index in [0.717, 1.165) is 25.7 Å². The Balaban J connectivity index is 1.95. The Bertz CT molecular complexity index is 245. The molecule has 0 bridgehead atoms. The molecule has 2 rings (SSSR count). The quantitative estimate of drug-likeness (QED) is 0.804. The number of rotatable bonds is 4. The standard InChI is InChI=1S/C13H23NO3/c15-8-7-14(12-3-1-2-4-12)13(16)11-5-9-17-10-6-11/h11-12,15H,1-10H2. The molecule has 0 spiro atoms. The molecule has 98 valence electrons. The zero-order chi connectivity index (χ0) is 12.1. The van der Waals surface area contributed by atoms with Gasteiger partial charge in [0.05, 0.1) is 6.61 Å². The highest BCUT2D eigenvalue weighted by molar-refractivity contribution is 5.79. The normalized spacial score (nSPS) is 22.9. The summed E-state index contributed by atoms with van der Waals surface area (Å²) >= 11 is 0. The van der Waals surface area contributed by atoms with Crippen molar-refractivity contribution in [2.45, 2.75) is 44.6 Å². The summed E-state index contributed by atoms with van der Waals surface area (Å²) < 4.78 is 5.29. The number of ether oxygens (including phenoxy) is 1. The molecule has 1 heterocycles. The highest BCUT2D eigenvalue weighted by Crippen LogP contribution is 2.26. The summed E-state index contributed by atoms with van der Waals surface area (Å²) in [5, 5.41) is 9.13. The van der Waals surface area contributed by atoms with Crippen LogP contribution in [0.3, 0.4) is 0 Å². The molecule has 0 aromatic heterocycles. The van der Waals surface area contributed by atoms with Gasteiger partial charge in [-0.15, -0.1) is 0 Å². The van der Waals surface area contributed by atoms with Crippen LogP contribution in [0.5, 0.6) is 0 Å². The zero-order valence-corrected chi connectivity index (χ0v) is 10.4. The van der Waals surface area contributed by atoms with E-state index >= 15 is 0 Å². The number of carbonyl (C=O) groups excluding carboxylic acids is 1. The van der Waals surface area contributed by atoms with Gasteiger partial charge in [0.15, 0.2) is 0 Å². The van der Waals surface area contributed by atoms with Crippen LogP contribution in [0.4, 0.5) is 0 Å². The first-order valence-corrected chi connectivity index (χ1v) is 6.82. The molecule has 2 aliphatic rings. The molecular weight excluding hydrogens is 218 g/mol. The van der Waals surface area contributed by atoms with Gasteiger partial charge in [-0.2, -0.15) is 0 Å². The number of hydrogen-bond acceptors (Lipinski definition) is 3. The van der Waals surface area contributed by atoms with Crippen molar-refractivity contribution < 1.29 is 14.6 Å². The predicted octanol–water partition coefficient (Wildman–Crippen LogP) is 1.18. The number of nitrogens with zero attached hydrogens (tertiary/aromatic N) is 1. The fourth-order valence-electron chi connectivity index (χ4n) is 2.98. The predicted molar refractivity (Wildman–Crippen MR) is 64.6 cm³/mol. The third kappa shape index (κ3) is 3.19. The molecule has 0 unspecified atom stereocenters. The minimum absolute atomic E-state index is 0.0749. The lowest BCUT2D eigenvalue weighted by molar-refractivity contribution is -0.141. The van der Waals surface area contributed by atoms with Crippen molar-refractivity contribution in [3.05, 3.63) is 0 Å². The maximum absolute atomic E-state index is 12.4. The van der Waals surface area contributed by atoms with E-state index < -0.39 is 0 Å². The Morgan fingerprint density at radius 1 is 1.18 bits per heavy atom. The molecule has 17 heavy (non-hydrogen) atoms. The average molecular weight is 241 g/mol. The van der Waals surface area contributed by atoms with Crippen molar-refractivity contribution in [1.82, 2.24) is 4.90 Å². The van der Waals surface area contributed by atoms with E-state index in [-0.39, 0.29) is 18.4 Å². The van der Waals surface area contributed by atoms with E-state index in [2.05, 4.69) is 0 Å². The molecule has 1 saturated carbocycles. The van der Waals surface area contributed by atoms with E-state index in [9.17, 15) is 4.79 Å². The summed E-state index contributed by atoms with van der Waals surface area (Å²) in [4.78, 5) is 14.4. The summed E-state index contributed by atoms with van der Waals surface area (Å²) in [6.07, 6.45) is 6.33. The minimum atomic E-state index is 0.0749. The highest BCUT2D eigenvalue weighted by Gasteiger charge is 2.31. The van der Waals surface area contributed by atoms with Crippen molar-refractivity contribution in [3.63, 3.8) is 0 Å². The number of aliphatic hydroxyl groups excluding tert-OH is 1. The molecule has 1 amide bonds. The van der Waals surface area contributed by atoms with Gasteiger partial charge in [0, 0.05) is 31.7 Å². The molecule has 0 aromatic rings. The van der Waals surface area contributed by atoms with Gasteiger partial charge in [0.2, 0.25) is 5.91 Å². The van der Waals surface area contributed by atoms with E-state index in [1.54, 1.807) is 0 Å². The fourth-order valence-corrected chi connectivity index (χ4v) is 2.98. The highest BCUT2D eigenvalue weighted by atomic mass is 16.5. The van der Waals surface area contributed by atoms with Crippen molar-refractivity contribution in [2.75, 3.05) is 26.4 Å². The van der Waals surface area contributed by atoms with Gasteiger partial charge in [-0.3, -0.25) is 4.79 Å². The second kappa shape index (κ2) is 6.36. The maximum atomic E-state index is 12.4. The summed E-state index contributed by atoms with van der Waals surface area (Å²) in [5.74, 6) is 0.366. The Labute approximate surface area is 103 Å². The second-order valence-corrected chi connectivity index (χ2v) is 5.08. The lowest BCUT2D eigenvalue weighted by atomic mass is 9.97. The lowest BCUT2D eigenvalue weighted by Crippen LogP contribution is -2.45. The molecule has 1 aliphatic carbocycles. The van der Waals surface area contributed by atoms with Crippen LogP contribution in [0.15, 0.2) is 0 Å². The van der Waals surface area contributed by atoms with Crippen LogP contribution in [-0.2, 0) is 9.53 Å². The third-order valence-corrected chi connectivity index (χ3v) is 3.96. The van der Waals surface area contributed by atoms with Crippen molar-refractivity contribution in [3.8, 4) is 0 Å². The van der Waals surface area contributed by atoms with E-state index in [4.69, 9.17) is 9.84 Å². The number of aliphatic hydroxyl groups is 1. The van der Waals surface area contributed by atoms with Crippen LogP contribution >= 0.6 is 0 Å². The first-order chi connectivity index (χ1) is 8.33. The second-order valence-electron chi connectivity index (χ2n) is 5.08. The van der Waals surface area contributed by atoms with E-state index in [0.29, 0.717) is 25.8 Å². The molecule has 4 nitrogen and oxygen atoms in total. The van der Waals surface area contributed by atoms with Gasteiger partial charge in [0.25, 0.3) is 0 Å². The van der Waals surface area contributed by atoms with Crippen molar-refractivity contribution in [1.29, 1.82) is 0 Å². The van der Waals surface area contributed by atoms with Crippen LogP contribution in [-0.4, -0.2) is 48.3 Å². The molecule has 0 atom stereocenters. The summed E-state index contributed by atoms with van der Waals surface area (Å²) in [5.41, 5.74) is 0. The topological polar surface area (TPSA) is 49.8 Å². The van der Waals surface area contributed by atoms with E-state index in [1.165, 1.54) is 12.8 Å². The summed E-state index contributed by atoms with van der Waals surface area (Å²) in [6, 6.07) is 0.373. The average Bonchev–Trinajstić information content (AvgIpc) is 2.90. The fraction of sp³-hybridized carbons (Fsp3) is 0.923. The van der Waals surface area contributed by atoms with Gasteiger partial charge in [-0.25, -0.2) is 0 Å². The van der Waals surface area contributed by atoms with Gasteiger partial charge in [0.1, 0.15) is 0 Å². The number of carbonyl (C=O) groups is 1. The molecule has 0 radical (unpaired) electrons. The van der Waals surface area contributed by atoms with Crippen LogP contribution < -0.4 is 0 Å². The van der Waals surface area contributed by atoms with Gasteiger partial charge >= 0.3 is 0 Å². The maximum Gasteiger partial charge on any atom is 0.226 e. The zero-order valence-electron chi connectivity index (χ0n) is 10.4.